The van der Waals surface area contributed by atoms with Gasteiger partial charge in [0.2, 0.25) is 0 Å². The topological polar surface area (TPSA) is 64.4 Å². The maximum atomic E-state index is 11.7. The molecule has 3 heterocycles. The molecule has 3 rings (SSSR count). The van der Waals surface area contributed by atoms with Crippen molar-refractivity contribution in [1.82, 2.24) is 9.78 Å². The summed E-state index contributed by atoms with van der Waals surface area (Å²) in [5, 5.41) is 13.8. The van der Waals surface area contributed by atoms with Gasteiger partial charge in [0.25, 0.3) is 0 Å². The van der Waals surface area contributed by atoms with E-state index in [9.17, 15) is 9.90 Å². The molecular formula is C13H18N2O3. The third kappa shape index (κ3) is 1.65. The van der Waals surface area contributed by atoms with Gasteiger partial charge < -0.3 is 9.84 Å². The van der Waals surface area contributed by atoms with Crippen molar-refractivity contribution in [2.75, 3.05) is 0 Å². The van der Waals surface area contributed by atoms with Crippen LogP contribution in [0.4, 0.5) is 0 Å². The molecule has 5 heteroatoms. The summed E-state index contributed by atoms with van der Waals surface area (Å²) in [4.78, 5) is 11.7. The molecule has 1 aromatic rings. The van der Waals surface area contributed by atoms with Crippen LogP contribution in [0.2, 0.25) is 0 Å². The molecule has 2 aliphatic heterocycles. The number of carboxylic acids is 1. The van der Waals surface area contributed by atoms with Crippen LogP contribution in [0.25, 0.3) is 0 Å². The van der Waals surface area contributed by atoms with Gasteiger partial charge in [0.1, 0.15) is 5.41 Å². The second kappa shape index (κ2) is 4.09. The molecule has 2 saturated heterocycles. The van der Waals surface area contributed by atoms with E-state index < -0.39 is 11.4 Å². The number of carboxylic acid groups (broad SMARTS) is 1. The fraction of sp³-hybridized carbons (Fsp3) is 0.692. The van der Waals surface area contributed by atoms with Crippen LogP contribution >= 0.6 is 0 Å². The Balaban J connectivity index is 1.85. The molecule has 0 spiro atoms. The molecule has 5 nitrogen and oxygen atoms in total. The van der Waals surface area contributed by atoms with Crippen molar-refractivity contribution in [3.8, 4) is 0 Å². The molecule has 0 amide bonds. The molecule has 98 valence electrons. The van der Waals surface area contributed by atoms with E-state index >= 15 is 0 Å². The van der Waals surface area contributed by atoms with Crippen molar-refractivity contribution < 1.29 is 14.6 Å². The summed E-state index contributed by atoms with van der Waals surface area (Å²) >= 11 is 0. The predicted octanol–water partition coefficient (Wildman–Crippen LogP) is 1.47. The zero-order valence-corrected chi connectivity index (χ0v) is 10.5. The van der Waals surface area contributed by atoms with Crippen LogP contribution in [0.5, 0.6) is 0 Å². The molecule has 0 radical (unpaired) electrons. The quantitative estimate of drug-likeness (QED) is 0.878. The van der Waals surface area contributed by atoms with Crippen molar-refractivity contribution in [2.45, 2.75) is 51.4 Å². The van der Waals surface area contributed by atoms with E-state index in [2.05, 4.69) is 5.10 Å². The second-order valence-corrected chi connectivity index (χ2v) is 5.37. The Morgan fingerprint density at radius 3 is 3.00 bits per heavy atom. The number of rotatable bonds is 4. The summed E-state index contributed by atoms with van der Waals surface area (Å²) < 4.78 is 7.58. The highest BCUT2D eigenvalue weighted by atomic mass is 16.5. The van der Waals surface area contributed by atoms with E-state index in [-0.39, 0.29) is 12.2 Å². The molecule has 3 atom stereocenters. The molecule has 3 unspecified atom stereocenters. The number of carbonyl (C=O) groups is 1. The van der Waals surface area contributed by atoms with Gasteiger partial charge >= 0.3 is 5.97 Å². The van der Waals surface area contributed by atoms with Crippen LogP contribution < -0.4 is 0 Å². The molecule has 0 aliphatic carbocycles. The van der Waals surface area contributed by atoms with Crippen LogP contribution in [0.3, 0.4) is 0 Å². The van der Waals surface area contributed by atoms with Crippen LogP contribution in [-0.2, 0) is 22.5 Å². The molecule has 1 N–H and O–H groups in total. The van der Waals surface area contributed by atoms with Crippen molar-refractivity contribution in [2.24, 2.45) is 5.41 Å². The summed E-state index contributed by atoms with van der Waals surface area (Å²) in [5.74, 6) is -0.723. The van der Waals surface area contributed by atoms with Crippen LogP contribution in [-0.4, -0.2) is 33.1 Å². The SMILES string of the molecule is CCn1cc(CC2(C(=O)O)CC3CCC2O3)cn1. The summed E-state index contributed by atoms with van der Waals surface area (Å²) in [6.07, 6.45) is 6.80. The smallest absolute Gasteiger partial charge is 0.312 e. The van der Waals surface area contributed by atoms with Gasteiger partial charge in [-0.15, -0.1) is 0 Å². The number of nitrogens with zero attached hydrogens (tertiary/aromatic N) is 2. The standard InChI is InChI=1S/C13H18N2O3/c1-2-15-8-9(7-14-15)5-13(12(16)17)6-10-3-4-11(13)18-10/h7-8,10-11H,2-6H2,1H3,(H,16,17). The maximum Gasteiger partial charge on any atom is 0.312 e. The number of aromatic nitrogens is 2. The van der Waals surface area contributed by atoms with Gasteiger partial charge in [0.05, 0.1) is 18.4 Å². The Hall–Kier alpha value is -1.36. The first-order valence-corrected chi connectivity index (χ1v) is 6.54. The molecule has 0 aromatic carbocycles. The first-order chi connectivity index (χ1) is 8.64. The molecule has 18 heavy (non-hydrogen) atoms. The highest BCUT2D eigenvalue weighted by Gasteiger charge is 2.57. The van der Waals surface area contributed by atoms with E-state index in [0.29, 0.717) is 12.8 Å². The minimum absolute atomic E-state index is 0.120. The van der Waals surface area contributed by atoms with Crippen molar-refractivity contribution >= 4 is 5.97 Å². The van der Waals surface area contributed by atoms with Gasteiger partial charge in [0.15, 0.2) is 0 Å². The maximum absolute atomic E-state index is 11.7. The monoisotopic (exact) mass is 250 g/mol. The molecule has 2 fully saturated rings. The van der Waals surface area contributed by atoms with Gasteiger partial charge in [-0.1, -0.05) is 0 Å². The molecule has 0 saturated carbocycles. The van der Waals surface area contributed by atoms with E-state index in [0.717, 1.165) is 24.9 Å². The van der Waals surface area contributed by atoms with E-state index in [1.807, 2.05) is 17.8 Å². The van der Waals surface area contributed by atoms with Crippen molar-refractivity contribution in [3.05, 3.63) is 18.0 Å². The minimum Gasteiger partial charge on any atom is -0.481 e. The van der Waals surface area contributed by atoms with E-state index in [1.165, 1.54) is 0 Å². The highest BCUT2D eigenvalue weighted by Crippen LogP contribution is 2.49. The van der Waals surface area contributed by atoms with Crippen molar-refractivity contribution in [3.63, 3.8) is 0 Å². The van der Waals surface area contributed by atoms with Crippen LogP contribution in [0.1, 0.15) is 31.7 Å². The lowest BCUT2D eigenvalue weighted by molar-refractivity contribution is -0.152. The minimum atomic E-state index is -0.732. The first kappa shape index (κ1) is 11.7. The second-order valence-electron chi connectivity index (χ2n) is 5.37. The summed E-state index contributed by atoms with van der Waals surface area (Å²) in [6.45, 7) is 2.83. The molecular weight excluding hydrogens is 232 g/mol. The number of ether oxygens (including phenoxy) is 1. The molecule has 2 bridgehead atoms. The first-order valence-electron chi connectivity index (χ1n) is 6.54. The lowest BCUT2D eigenvalue weighted by atomic mass is 9.70. The number of hydrogen-bond donors (Lipinski definition) is 1. The van der Waals surface area contributed by atoms with Crippen LogP contribution in [0, 0.1) is 5.41 Å². The van der Waals surface area contributed by atoms with Crippen LogP contribution in [0.15, 0.2) is 12.4 Å². The molecule has 2 aliphatic rings. The number of aliphatic carboxylic acids is 1. The van der Waals surface area contributed by atoms with E-state index in [4.69, 9.17) is 4.74 Å². The number of hydrogen-bond acceptors (Lipinski definition) is 3. The Bertz CT molecular complexity index is 471. The third-order valence-corrected chi connectivity index (χ3v) is 4.27. The van der Waals surface area contributed by atoms with Gasteiger partial charge in [-0.2, -0.15) is 5.10 Å². The Morgan fingerprint density at radius 1 is 1.67 bits per heavy atom. The Morgan fingerprint density at radius 2 is 2.50 bits per heavy atom. The summed E-state index contributed by atoms with van der Waals surface area (Å²) in [6, 6.07) is 0. The highest BCUT2D eigenvalue weighted by molar-refractivity contribution is 5.76. The predicted molar refractivity (Wildman–Crippen MR) is 64.2 cm³/mol. The Kier molecular flexibility index (Phi) is 2.66. The summed E-state index contributed by atoms with van der Waals surface area (Å²) in [7, 11) is 0. The number of fused-ring (bicyclic) bond motifs is 2. The lowest BCUT2D eigenvalue weighted by Crippen LogP contribution is -2.42. The normalized spacial score (nSPS) is 34.1. The van der Waals surface area contributed by atoms with Gasteiger partial charge in [-0.05, 0) is 38.2 Å². The number of aryl methyl sites for hydroxylation is 1. The zero-order chi connectivity index (χ0) is 12.8. The van der Waals surface area contributed by atoms with Gasteiger partial charge in [0, 0.05) is 12.7 Å². The lowest BCUT2D eigenvalue weighted by Gasteiger charge is -2.30. The van der Waals surface area contributed by atoms with Gasteiger partial charge in [-0.25, -0.2) is 0 Å². The van der Waals surface area contributed by atoms with E-state index in [1.54, 1.807) is 6.20 Å². The molecule has 1 aromatic heterocycles. The zero-order valence-electron chi connectivity index (χ0n) is 10.5. The van der Waals surface area contributed by atoms with Crippen molar-refractivity contribution in [1.29, 1.82) is 0 Å². The largest absolute Gasteiger partial charge is 0.481 e. The fourth-order valence-corrected chi connectivity index (χ4v) is 3.32. The average molecular weight is 250 g/mol. The fourth-order valence-electron chi connectivity index (χ4n) is 3.32. The van der Waals surface area contributed by atoms with Gasteiger partial charge in [-0.3, -0.25) is 9.48 Å². The average Bonchev–Trinajstić information content (AvgIpc) is 3.03. The summed E-state index contributed by atoms with van der Waals surface area (Å²) in [5.41, 5.74) is 0.264. The third-order valence-electron chi connectivity index (χ3n) is 4.27. The Labute approximate surface area is 106 Å².